The molecule has 3 aromatic rings. The lowest BCUT2D eigenvalue weighted by Crippen LogP contribution is -2.55. The molecular weight excluding hydrogens is 576 g/mol. The van der Waals surface area contributed by atoms with Gasteiger partial charge in [0.2, 0.25) is 0 Å². The number of hydrogen-bond acceptors (Lipinski definition) is 8. The summed E-state index contributed by atoms with van der Waals surface area (Å²) in [5.74, 6) is -0.876. The Morgan fingerprint density at radius 3 is 2.83 bits per heavy atom. The number of hydrogen-bond donors (Lipinski definition) is 3. The van der Waals surface area contributed by atoms with Gasteiger partial charge in [-0.2, -0.15) is 0 Å². The summed E-state index contributed by atoms with van der Waals surface area (Å²) in [6.07, 6.45) is 3.62. The number of rotatable bonds is 9. The van der Waals surface area contributed by atoms with Crippen molar-refractivity contribution in [2.24, 2.45) is 0 Å². The molecule has 2 atom stereocenters. The lowest BCUT2D eigenvalue weighted by Gasteiger charge is -2.37. The fourth-order valence-electron chi connectivity index (χ4n) is 4.10. The number of carboxylic acid groups (broad SMARTS) is 1. The molecule has 4 rings (SSSR count). The van der Waals surface area contributed by atoms with Crippen molar-refractivity contribution in [1.82, 2.24) is 24.8 Å². The van der Waals surface area contributed by atoms with Crippen LogP contribution in [0.1, 0.15) is 32.3 Å². The highest BCUT2D eigenvalue weighted by Gasteiger charge is 2.34. The van der Waals surface area contributed by atoms with Gasteiger partial charge < -0.3 is 34.3 Å². The topological polar surface area (TPSA) is 135 Å². The van der Waals surface area contributed by atoms with Crippen LogP contribution in [0.15, 0.2) is 16.9 Å². The number of methoxy groups -OCH3 is 2. The number of H-pyrrole nitrogens is 1. The molecule has 1 fully saturated rings. The van der Waals surface area contributed by atoms with E-state index < -0.39 is 5.97 Å². The van der Waals surface area contributed by atoms with E-state index in [2.05, 4.69) is 36.2 Å². The van der Waals surface area contributed by atoms with Crippen LogP contribution >= 0.6 is 38.9 Å². The lowest BCUT2D eigenvalue weighted by molar-refractivity contribution is 0.0540. The molecule has 1 aliphatic heterocycles. The van der Waals surface area contributed by atoms with Crippen molar-refractivity contribution >= 4 is 55.9 Å². The van der Waals surface area contributed by atoms with E-state index in [1.807, 2.05) is 9.47 Å². The number of thiazole rings is 1. The highest BCUT2D eigenvalue weighted by molar-refractivity contribution is 9.10. The molecule has 194 valence electrons. The Labute approximate surface area is 224 Å². The number of halogens is 2. The van der Waals surface area contributed by atoms with Crippen LogP contribution in [0.3, 0.4) is 0 Å². The van der Waals surface area contributed by atoms with E-state index in [0.717, 1.165) is 11.3 Å². The first kappa shape index (κ1) is 26.6. The second-order valence-corrected chi connectivity index (χ2v) is 10.4. The highest BCUT2D eigenvalue weighted by atomic mass is 79.9. The molecule has 3 aromatic heterocycles. The van der Waals surface area contributed by atoms with Gasteiger partial charge in [-0.05, 0) is 29.3 Å². The first-order valence-electron chi connectivity index (χ1n) is 11.1. The summed E-state index contributed by atoms with van der Waals surface area (Å²) in [6, 6.07) is -0.251. The monoisotopic (exact) mass is 600 g/mol. The lowest BCUT2D eigenvalue weighted by atomic mass is 10.0. The Morgan fingerprint density at radius 2 is 2.19 bits per heavy atom. The molecule has 14 heteroatoms. The number of anilines is 1. The summed E-state index contributed by atoms with van der Waals surface area (Å²) >= 11 is 10.6. The van der Waals surface area contributed by atoms with Crippen LogP contribution in [0.2, 0.25) is 5.02 Å². The summed E-state index contributed by atoms with van der Waals surface area (Å²) in [5.41, 5.74) is 1.37. The molecule has 2 unspecified atom stereocenters. The Hall–Kier alpha value is -2.45. The minimum absolute atomic E-state index is 0.114. The van der Waals surface area contributed by atoms with E-state index in [4.69, 9.17) is 21.1 Å². The Kier molecular flexibility index (Phi) is 8.35. The van der Waals surface area contributed by atoms with Crippen molar-refractivity contribution in [2.75, 3.05) is 38.8 Å². The van der Waals surface area contributed by atoms with Crippen molar-refractivity contribution in [1.29, 1.82) is 0 Å². The molecular formula is C22H26BrClN6O5S. The van der Waals surface area contributed by atoms with E-state index in [9.17, 15) is 14.7 Å². The SMILES string of the molecule is COCCn1ccnc1-c1nc(N2CCC(NC(=O)c3[nH]c(C)c(Cl)c3Br)C(OC)C2)sc1C(=O)O. The summed E-state index contributed by atoms with van der Waals surface area (Å²) in [5, 5.41) is 13.9. The van der Waals surface area contributed by atoms with Crippen molar-refractivity contribution in [3.8, 4) is 11.5 Å². The standard InChI is InChI=1S/C22H26BrClN6O5S/c1-11-15(24)14(23)16(26-11)20(31)27-12-4-6-30(10-13(12)35-3)22-28-17(18(36-22)21(32)33)19-25-5-7-29(19)8-9-34-2/h5,7,12-13,26H,4,6,8-10H2,1-3H3,(H,27,31)(H,32,33). The number of ether oxygens (including phenoxy) is 2. The number of aromatic nitrogens is 4. The number of aromatic carboxylic acids is 1. The fourth-order valence-corrected chi connectivity index (χ4v) is 5.75. The molecule has 1 amide bonds. The van der Waals surface area contributed by atoms with E-state index in [1.165, 1.54) is 0 Å². The molecule has 4 heterocycles. The maximum Gasteiger partial charge on any atom is 0.348 e. The van der Waals surface area contributed by atoms with E-state index in [-0.39, 0.29) is 22.9 Å². The number of nitrogens with one attached hydrogen (secondary N) is 2. The molecule has 0 radical (unpaired) electrons. The number of carbonyl (C=O) groups is 2. The van der Waals surface area contributed by atoms with E-state index in [0.29, 0.717) is 70.2 Å². The second kappa shape index (κ2) is 11.3. The van der Waals surface area contributed by atoms with Crippen molar-refractivity contribution < 1.29 is 24.2 Å². The number of piperidine rings is 1. The first-order chi connectivity index (χ1) is 17.2. The third-order valence-corrected chi connectivity index (χ3v) is 8.60. The summed E-state index contributed by atoms with van der Waals surface area (Å²) in [6.45, 7) is 3.76. The summed E-state index contributed by atoms with van der Waals surface area (Å²) in [7, 11) is 3.19. The fraction of sp³-hybridized carbons (Fsp3) is 0.455. The maximum absolute atomic E-state index is 12.9. The molecule has 0 aromatic carbocycles. The van der Waals surface area contributed by atoms with Gasteiger partial charge >= 0.3 is 5.97 Å². The molecule has 36 heavy (non-hydrogen) atoms. The number of aromatic amines is 1. The molecule has 0 bridgehead atoms. The Balaban J connectivity index is 1.52. The minimum atomic E-state index is -1.06. The number of aryl methyl sites for hydroxylation is 1. The van der Waals surface area contributed by atoms with Crippen LogP contribution in [-0.4, -0.2) is 82.6 Å². The first-order valence-corrected chi connectivity index (χ1v) is 13.1. The zero-order chi connectivity index (χ0) is 26.0. The van der Waals surface area contributed by atoms with Crippen molar-refractivity contribution in [3.05, 3.63) is 38.2 Å². The molecule has 1 aliphatic rings. The average Bonchev–Trinajstić information content (AvgIpc) is 3.57. The Morgan fingerprint density at radius 1 is 1.42 bits per heavy atom. The maximum atomic E-state index is 12.9. The predicted octanol–water partition coefficient (Wildman–Crippen LogP) is 3.43. The largest absolute Gasteiger partial charge is 0.477 e. The van der Waals surface area contributed by atoms with Crippen molar-refractivity contribution in [2.45, 2.75) is 32.0 Å². The van der Waals surface area contributed by atoms with Gasteiger partial charge in [0.05, 0.1) is 28.2 Å². The minimum Gasteiger partial charge on any atom is -0.477 e. The molecule has 0 spiro atoms. The van der Waals surface area contributed by atoms with Crippen LogP contribution in [0, 0.1) is 6.92 Å². The van der Waals surface area contributed by atoms with Gasteiger partial charge in [0, 0.05) is 51.9 Å². The van der Waals surface area contributed by atoms with Gasteiger partial charge in [0.1, 0.15) is 16.3 Å². The van der Waals surface area contributed by atoms with Gasteiger partial charge in [-0.3, -0.25) is 4.79 Å². The van der Waals surface area contributed by atoms with E-state index in [1.54, 1.807) is 33.5 Å². The predicted molar refractivity (Wildman–Crippen MR) is 139 cm³/mol. The third-order valence-electron chi connectivity index (χ3n) is 6.00. The average molecular weight is 602 g/mol. The van der Waals surface area contributed by atoms with Crippen LogP contribution in [0.25, 0.3) is 11.5 Å². The smallest absolute Gasteiger partial charge is 0.348 e. The van der Waals surface area contributed by atoms with Crippen LogP contribution in [0.5, 0.6) is 0 Å². The second-order valence-electron chi connectivity index (χ2n) is 8.26. The van der Waals surface area contributed by atoms with Gasteiger partial charge in [-0.15, -0.1) is 0 Å². The van der Waals surface area contributed by atoms with Gasteiger partial charge in [0.15, 0.2) is 11.0 Å². The van der Waals surface area contributed by atoms with Crippen LogP contribution in [0.4, 0.5) is 5.13 Å². The van der Waals surface area contributed by atoms with Gasteiger partial charge in [-0.25, -0.2) is 14.8 Å². The van der Waals surface area contributed by atoms with Crippen LogP contribution < -0.4 is 10.2 Å². The number of amides is 1. The molecule has 1 saturated heterocycles. The number of nitrogens with zero attached hydrogens (tertiary/aromatic N) is 4. The van der Waals surface area contributed by atoms with E-state index >= 15 is 0 Å². The van der Waals surface area contributed by atoms with Gasteiger partial charge in [-0.1, -0.05) is 22.9 Å². The number of imidazole rings is 1. The molecule has 0 aliphatic carbocycles. The third kappa shape index (κ3) is 5.30. The highest BCUT2D eigenvalue weighted by Crippen LogP contribution is 2.34. The Bertz CT molecular complexity index is 1260. The zero-order valence-corrected chi connectivity index (χ0v) is 23.0. The normalized spacial score (nSPS) is 18.0. The number of carbonyl (C=O) groups excluding carboxylic acids is 1. The summed E-state index contributed by atoms with van der Waals surface area (Å²) < 4.78 is 13.2. The quantitative estimate of drug-likeness (QED) is 0.340. The van der Waals surface area contributed by atoms with Crippen LogP contribution in [-0.2, 0) is 16.0 Å². The van der Waals surface area contributed by atoms with Gasteiger partial charge in [0.25, 0.3) is 5.91 Å². The zero-order valence-electron chi connectivity index (χ0n) is 19.9. The summed E-state index contributed by atoms with van der Waals surface area (Å²) in [4.78, 5) is 39.0. The molecule has 3 N–H and O–H groups in total. The molecule has 0 saturated carbocycles. The number of carboxylic acids is 1. The molecule has 11 nitrogen and oxygen atoms in total. The van der Waals surface area contributed by atoms with Crippen molar-refractivity contribution in [3.63, 3.8) is 0 Å².